The van der Waals surface area contributed by atoms with E-state index in [0.717, 1.165) is 16.8 Å². The van der Waals surface area contributed by atoms with Crippen LogP contribution in [-0.2, 0) is 6.54 Å². The maximum Gasteiger partial charge on any atom is 0.389 e. The molecule has 0 spiro atoms. The molecule has 8 heteroatoms. The zero-order valence-corrected chi connectivity index (χ0v) is 14.1. The largest absolute Gasteiger partial charge is 0.496 e. The first kappa shape index (κ1) is 17.2. The number of aromatic nitrogens is 2. The van der Waals surface area contributed by atoms with E-state index in [1.165, 1.54) is 10.7 Å². The quantitative estimate of drug-likeness (QED) is 0.400. The number of nitro groups is 1. The lowest BCUT2D eigenvalue weighted by Gasteiger charge is -2.08. The van der Waals surface area contributed by atoms with Gasteiger partial charge in [-0.05, 0) is 40.8 Å². The zero-order chi connectivity index (χ0) is 18.4. The summed E-state index contributed by atoms with van der Waals surface area (Å²) in [5.74, 6) is 0.491. The number of methoxy groups -OCH3 is 1. The van der Waals surface area contributed by atoms with Crippen molar-refractivity contribution >= 4 is 17.7 Å². The third-order valence-corrected chi connectivity index (χ3v) is 3.63. The molecule has 2 aromatic carbocycles. The van der Waals surface area contributed by atoms with Crippen molar-refractivity contribution < 1.29 is 9.66 Å². The summed E-state index contributed by atoms with van der Waals surface area (Å²) in [6.45, 7) is 0.352. The number of benzene rings is 2. The summed E-state index contributed by atoms with van der Waals surface area (Å²) in [4.78, 5) is 10.2. The second kappa shape index (κ2) is 7.93. The lowest BCUT2D eigenvalue weighted by molar-refractivity contribution is -0.389. The monoisotopic (exact) mass is 351 g/mol. The van der Waals surface area contributed by atoms with Crippen molar-refractivity contribution in [2.24, 2.45) is 5.10 Å². The molecule has 0 atom stereocenters. The Morgan fingerprint density at radius 1 is 1.27 bits per heavy atom. The van der Waals surface area contributed by atoms with Gasteiger partial charge in [-0.3, -0.25) is 5.43 Å². The van der Waals surface area contributed by atoms with E-state index in [0.29, 0.717) is 12.3 Å². The number of hydrogen-bond donors (Lipinski definition) is 1. The molecule has 1 aromatic heterocycles. The summed E-state index contributed by atoms with van der Waals surface area (Å²) >= 11 is 0. The zero-order valence-electron chi connectivity index (χ0n) is 14.1. The summed E-state index contributed by atoms with van der Waals surface area (Å²) in [5, 5.41) is 18.9. The fourth-order valence-electron chi connectivity index (χ4n) is 2.41. The lowest BCUT2D eigenvalue weighted by atomic mass is 10.1. The molecule has 3 aromatic rings. The molecular formula is C18H17N5O3. The van der Waals surface area contributed by atoms with Crippen molar-refractivity contribution in [3.8, 4) is 5.75 Å². The van der Waals surface area contributed by atoms with E-state index in [1.807, 2.05) is 48.5 Å². The molecule has 8 nitrogen and oxygen atoms in total. The SMILES string of the molecule is COc1ccc(C=NNc2ccccc2)cc1Cn1ccc([N+](=O)[O-])n1. The smallest absolute Gasteiger partial charge is 0.389 e. The molecule has 0 bridgehead atoms. The summed E-state index contributed by atoms with van der Waals surface area (Å²) < 4.78 is 6.86. The van der Waals surface area contributed by atoms with E-state index >= 15 is 0 Å². The van der Waals surface area contributed by atoms with Gasteiger partial charge in [0, 0.05) is 5.56 Å². The van der Waals surface area contributed by atoms with Crippen molar-refractivity contribution in [1.29, 1.82) is 0 Å². The number of anilines is 1. The Bertz CT molecular complexity index is 922. The van der Waals surface area contributed by atoms with E-state index in [2.05, 4.69) is 15.6 Å². The minimum Gasteiger partial charge on any atom is -0.496 e. The number of hydrazone groups is 1. The molecule has 0 unspecified atom stereocenters. The normalized spacial score (nSPS) is 10.8. The van der Waals surface area contributed by atoms with Gasteiger partial charge in [-0.25, -0.2) is 0 Å². The van der Waals surface area contributed by atoms with Gasteiger partial charge in [-0.1, -0.05) is 18.2 Å². The molecule has 0 amide bonds. The fraction of sp³-hybridized carbons (Fsp3) is 0.111. The number of nitrogens with one attached hydrogen (secondary N) is 1. The van der Waals surface area contributed by atoms with E-state index in [1.54, 1.807) is 19.5 Å². The van der Waals surface area contributed by atoms with E-state index < -0.39 is 4.92 Å². The first-order valence-corrected chi connectivity index (χ1v) is 7.84. The van der Waals surface area contributed by atoms with Crippen LogP contribution in [0.3, 0.4) is 0 Å². The van der Waals surface area contributed by atoms with Gasteiger partial charge in [0.05, 0.1) is 42.9 Å². The van der Waals surface area contributed by atoms with Crippen molar-refractivity contribution in [2.75, 3.05) is 12.5 Å². The molecule has 1 heterocycles. The van der Waals surface area contributed by atoms with Crippen molar-refractivity contribution in [2.45, 2.75) is 6.54 Å². The molecule has 0 radical (unpaired) electrons. The Labute approximate surface area is 149 Å². The third kappa shape index (κ3) is 4.23. The second-order valence-electron chi connectivity index (χ2n) is 5.44. The van der Waals surface area contributed by atoms with Crippen LogP contribution in [0.1, 0.15) is 11.1 Å². The predicted molar refractivity (Wildman–Crippen MR) is 98.6 cm³/mol. The molecule has 3 rings (SSSR count). The molecule has 26 heavy (non-hydrogen) atoms. The van der Waals surface area contributed by atoms with Crippen LogP contribution in [0.2, 0.25) is 0 Å². The highest BCUT2D eigenvalue weighted by molar-refractivity contribution is 5.81. The summed E-state index contributed by atoms with van der Waals surface area (Å²) in [6, 6.07) is 16.6. The maximum atomic E-state index is 10.8. The van der Waals surface area contributed by atoms with Crippen LogP contribution in [0.25, 0.3) is 0 Å². The van der Waals surface area contributed by atoms with Crippen molar-refractivity contribution in [3.05, 3.63) is 82.0 Å². The van der Waals surface area contributed by atoms with Crippen molar-refractivity contribution in [1.82, 2.24) is 9.78 Å². The molecular weight excluding hydrogens is 334 g/mol. The number of hydrogen-bond acceptors (Lipinski definition) is 6. The molecule has 1 N–H and O–H groups in total. The van der Waals surface area contributed by atoms with Gasteiger partial charge in [-0.15, -0.1) is 0 Å². The molecule has 0 saturated carbocycles. The Morgan fingerprint density at radius 3 is 2.77 bits per heavy atom. The molecule has 0 aliphatic carbocycles. The average Bonchev–Trinajstić information content (AvgIpc) is 3.12. The molecule has 132 valence electrons. The number of rotatable bonds is 7. The second-order valence-corrected chi connectivity index (χ2v) is 5.44. The van der Waals surface area contributed by atoms with Gasteiger partial charge in [0.25, 0.3) is 0 Å². The number of nitrogens with zero attached hydrogens (tertiary/aromatic N) is 4. The predicted octanol–water partition coefficient (Wildman–Crippen LogP) is 3.29. The van der Waals surface area contributed by atoms with E-state index in [9.17, 15) is 10.1 Å². The molecule has 0 saturated heterocycles. The number of para-hydroxylation sites is 1. The highest BCUT2D eigenvalue weighted by Crippen LogP contribution is 2.21. The Hall–Kier alpha value is -3.68. The fourth-order valence-corrected chi connectivity index (χ4v) is 2.41. The highest BCUT2D eigenvalue weighted by Gasteiger charge is 2.13. The van der Waals surface area contributed by atoms with Crippen molar-refractivity contribution in [3.63, 3.8) is 0 Å². The van der Waals surface area contributed by atoms with Crippen LogP contribution in [0, 0.1) is 10.1 Å². The topological polar surface area (TPSA) is 94.6 Å². The van der Waals surface area contributed by atoms with Crippen LogP contribution >= 0.6 is 0 Å². The third-order valence-electron chi connectivity index (χ3n) is 3.63. The minimum absolute atomic E-state index is 0.186. The maximum absolute atomic E-state index is 10.8. The van der Waals surface area contributed by atoms with Crippen LogP contribution in [0.4, 0.5) is 11.5 Å². The number of ether oxygens (including phenoxy) is 1. The van der Waals surface area contributed by atoms with Crippen LogP contribution in [-0.4, -0.2) is 28.0 Å². The summed E-state index contributed by atoms with van der Waals surface area (Å²) in [5.41, 5.74) is 5.55. The summed E-state index contributed by atoms with van der Waals surface area (Å²) in [6.07, 6.45) is 3.26. The van der Waals surface area contributed by atoms with Crippen LogP contribution in [0.15, 0.2) is 65.9 Å². The Morgan fingerprint density at radius 2 is 2.08 bits per heavy atom. The van der Waals surface area contributed by atoms with Crippen LogP contribution in [0.5, 0.6) is 5.75 Å². The Kier molecular flexibility index (Phi) is 5.23. The standard InChI is InChI=1S/C18H17N5O3/c1-26-17-8-7-14(12-19-20-16-5-3-2-4-6-16)11-15(17)13-22-10-9-18(21-22)23(24)25/h2-12,20H,13H2,1H3. The van der Waals surface area contributed by atoms with Gasteiger partial charge in [0.1, 0.15) is 5.75 Å². The summed E-state index contributed by atoms with van der Waals surface area (Å²) in [7, 11) is 1.58. The first-order chi connectivity index (χ1) is 12.7. The van der Waals surface area contributed by atoms with Crippen LogP contribution < -0.4 is 10.2 Å². The highest BCUT2D eigenvalue weighted by atomic mass is 16.6. The molecule has 0 aliphatic heterocycles. The average molecular weight is 351 g/mol. The van der Waals surface area contributed by atoms with Gasteiger partial charge in [0.2, 0.25) is 0 Å². The van der Waals surface area contributed by atoms with E-state index in [4.69, 9.17) is 4.74 Å². The lowest BCUT2D eigenvalue weighted by Crippen LogP contribution is -2.04. The molecule has 0 aliphatic rings. The van der Waals surface area contributed by atoms with Gasteiger partial charge < -0.3 is 14.9 Å². The van der Waals surface area contributed by atoms with Gasteiger partial charge in [0.15, 0.2) is 0 Å². The van der Waals surface area contributed by atoms with Gasteiger partial charge >= 0.3 is 5.82 Å². The Balaban J connectivity index is 1.76. The minimum atomic E-state index is -0.522. The van der Waals surface area contributed by atoms with Gasteiger partial charge in [-0.2, -0.15) is 9.78 Å². The molecule has 0 fully saturated rings. The van der Waals surface area contributed by atoms with E-state index in [-0.39, 0.29) is 5.82 Å². The first-order valence-electron chi connectivity index (χ1n) is 7.84.